The molecule has 0 aromatic heterocycles. The highest BCUT2D eigenvalue weighted by atomic mass is 14.9. The first-order valence-corrected chi connectivity index (χ1v) is 11.3. The van der Waals surface area contributed by atoms with Crippen LogP contribution in [0.2, 0.25) is 0 Å². The van der Waals surface area contributed by atoms with E-state index in [1.54, 1.807) is 0 Å². The third kappa shape index (κ3) is 12.3. The van der Waals surface area contributed by atoms with Crippen molar-refractivity contribution in [1.82, 2.24) is 5.32 Å². The smallest absolute Gasteiger partial charge is 0.00696 e. The lowest BCUT2D eigenvalue weighted by molar-refractivity contribution is 0.291. The van der Waals surface area contributed by atoms with E-state index >= 15 is 0 Å². The van der Waals surface area contributed by atoms with Crippen LogP contribution >= 0.6 is 0 Å². The predicted octanol–water partition coefficient (Wildman–Crippen LogP) is 6.33. The third-order valence-corrected chi connectivity index (χ3v) is 5.74. The molecule has 2 aliphatic carbocycles. The minimum Gasteiger partial charge on any atom is -0.330 e. The van der Waals surface area contributed by atoms with Crippen molar-refractivity contribution < 1.29 is 0 Å². The molecule has 0 aliphatic heterocycles. The molecule has 0 unspecified atom stereocenters. The molecular weight excluding hydrogens is 292 g/mol. The molecule has 0 saturated heterocycles. The molecule has 0 atom stereocenters. The van der Waals surface area contributed by atoms with Crippen molar-refractivity contribution in [1.29, 1.82) is 0 Å². The van der Waals surface area contributed by atoms with Crippen LogP contribution in [0.4, 0.5) is 0 Å². The highest BCUT2D eigenvalue weighted by Gasteiger charge is 2.19. The number of hydrogen-bond acceptors (Lipinski definition) is 2. The average Bonchev–Trinajstić information content (AvgIpc) is 2.63. The number of hydrogen-bond donors (Lipinski definition) is 2. The van der Waals surface area contributed by atoms with E-state index in [1.807, 2.05) is 0 Å². The molecule has 0 amide bonds. The second kappa shape index (κ2) is 16.4. The molecule has 2 saturated carbocycles. The molecule has 2 nitrogen and oxygen atoms in total. The summed E-state index contributed by atoms with van der Waals surface area (Å²) in [7, 11) is 0. The van der Waals surface area contributed by atoms with Crippen molar-refractivity contribution in [3.63, 3.8) is 0 Å². The first-order chi connectivity index (χ1) is 11.9. The van der Waals surface area contributed by atoms with E-state index in [-0.39, 0.29) is 0 Å². The molecule has 0 radical (unpaired) electrons. The zero-order chi connectivity index (χ0) is 17.3. The Morgan fingerprint density at radius 2 is 1.04 bits per heavy atom. The van der Waals surface area contributed by atoms with Gasteiger partial charge in [-0.05, 0) is 38.6 Å². The first kappa shape index (κ1) is 22.0. The van der Waals surface area contributed by atoms with Crippen LogP contribution in [0, 0.1) is 0 Å². The predicted molar refractivity (Wildman–Crippen MR) is 109 cm³/mol. The molecule has 0 aromatic rings. The van der Waals surface area contributed by atoms with E-state index in [4.69, 9.17) is 5.73 Å². The number of unbranched alkanes of at least 4 members (excludes halogenated alkanes) is 7. The summed E-state index contributed by atoms with van der Waals surface area (Å²) in [6.07, 6.45) is 25.5. The fourth-order valence-electron chi connectivity index (χ4n) is 4.15. The van der Waals surface area contributed by atoms with Gasteiger partial charge >= 0.3 is 0 Å². The highest BCUT2D eigenvalue weighted by molar-refractivity contribution is 4.79. The van der Waals surface area contributed by atoms with E-state index in [2.05, 4.69) is 12.2 Å². The summed E-state index contributed by atoms with van der Waals surface area (Å²) in [6.45, 7) is 3.13. The van der Waals surface area contributed by atoms with Gasteiger partial charge in [-0.3, -0.25) is 0 Å². The van der Waals surface area contributed by atoms with Gasteiger partial charge in [0.15, 0.2) is 0 Å². The Kier molecular flexibility index (Phi) is 15.0. The maximum absolute atomic E-state index is 5.39. The average molecular weight is 339 g/mol. The van der Waals surface area contributed by atoms with Crippen molar-refractivity contribution in [2.75, 3.05) is 6.54 Å². The van der Waals surface area contributed by atoms with Crippen LogP contribution in [0.25, 0.3) is 0 Å². The second-order valence-corrected chi connectivity index (χ2v) is 8.10. The Bertz CT molecular complexity index is 218. The number of rotatable bonds is 10. The van der Waals surface area contributed by atoms with Gasteiger partial charge in [0.05, 0.1) is 0 Å². The fraction of sp³-hybridized carbons (Fsp3) is 1.00. The Morgan fingerprint density at radius 3 is 1.46 bits per heavy atom. The second-order valence-electron chi connectivity index (χ2n) is 8.10. The Hall–Kier alpha value is -0.0800. The van der Waals surface area contributed by atoms with Crippen molar-refractivity contribution in [2.24, 2.45) is 5.73 Å². The van der Waals surface area contributed by atoms with E-state index in [0.29, 0.717) is 0 Å². The lowest BCUT2D eigenvalue weighted by Gasteiger charge is -2.30. The monoisotopic (exact) mass is 338 g/mol. The van der Waals surface area contributed by atoms with Crippen LogP contribution in [0.1, 0.15) is 122 Å². The van der Waals surface area contributed by atoms with E-state index in [0.717, 1.165) is 18.6 Å². The van der Waals surface area contributed by atoms with Crippen LogP contribution in [0.5, 0.6) is 0 Å². The largest absolute Gasteiger partial charge is 0.330 e. The Morgan fingerprint density at radius 1 is 0.625 bits per heavy atom. The van der Waals surface area contributed by atoms with Gasteiger partial charge in [-0.15, -0.1) is 0 Å². The quantitative estimate of drug-likeness (QED) is 0.457. The fourth-order valence-corrected chi connectivity index (χ4v) is 4.15. The van der Waals surface area contributed by atoms with Crippen LogP contribution in [0.15, 0.2) is 0 Å². The van der Waals surface area contributed by atoms with E-state index in [9.17, 15) is 0 Å². The minimum absolute atomic E-state index is 0.870. The van der Waals surface area contributed by atoms with E-state index in [1.165, 1.54) is 116 Å². The Labute approximate surface area is 152 Å². The highest BCUT2D eigenvalue weighted by Crippen LogP contribution is 2.22. The zero-order valence-electron chi connectivity index (χ0n) is 16.7. The number of nitrogens with two attached hydrogens (primary N) is 1. The van der Waals surface area contributed by atoms with Crippen LogP contribution in [-0.4, -0.2) is 18.6 Å². The summed E-state index contributed by atoms with van der Waals surface area (Å²) in [5.41, 5.74) is 5.39. The van der Waals surface area contributed by atoms with Gasteiger partial charge in [-0.25, -0.2) is 0 Å². The lowest BCUT2D eigenvalue weighted by atomic mass is 9.91. The molecule has 2 aliphatic rings. The lowest BCUT2D eigenvalue weighted by Crippen LogP contribution is -2.40. The molecule has 144 valence electrons. The molecule has 3 N–H and O–H groups in total. The van der Waals surface area contributed by atoms with Crippen LogP contribution < -0.4 is 11.1 Å². The SMILES string of the molecule is C1CCC(NC2CCCCC2)CC1.CCCCCCCCCCN. The summed E-state index contributed by atoms with van der Waals surface area (Å²) in [4.78, 5) is 0. The molecule has 24 heavy (non-hydrogen) atoms. The number of nitrogens with one attached hydrogen (secondary N) is 1. The molecule has 2 heteroatoms. The Balaban J connectivity index is 0.000000245. The molecule has 2 fully saturated rings. The normalized spacial score (nSPS) is 19.8. The van der Waals surface area contributed by atoms with Gasteiger partial charge in [0, 0.05) is 12.1 Å². The van der Waals surface area contributed by atoms with Crippen LogP contribution in [0.3, 0.4) is 0 Å². The molecule has 0 bridgehead atoms. The summed E-state index contributed by atoms with van der Waals surface area (Å²) in [5, 5.41) is 3.86. The standard InChI is InChI=1S/C12H23N.C10H23N/c1-3-7-11(8-4-1)13-12-9-5-2-6-10-12;1-2-3-4-5-6-7-8-9-10-11/h11-13H,1-10H2;2-11H2,1H3. The summed E-state index contributed by atoms with van der Waals surface area (Å²) >= 11 is 0. The maximum atomic E-state index is 5.39. The molecule has 0 aromatic carbocycles. The summed E-state index contributed by atoms with van der Waals surface area (Å²) < 4.78 is 0. The molecule has 2 rings (SSSR count). The topological polar surface area (TPSA) is 38.0 Å². The first-order valence-electron chi connectivity index (χ1n) is 11.3. The molecule has 0 heterocycles. The zero-order valence-corrected chi connectivity index (χ0v) is 16.7. The van der Waals surface area contributed by atoms with Crippen molar-refractivity contribution in [3.05, 3.63) is 0 Å². The van der Waals surface area contributed by atoms with Gasteiger partial charge < -0.3 is 11.1 Å². The van der Waals surface area contributed by atoms with Crippen LogP contribution in [-0.2, 0) is 0 Å². The summed E-state index contributed by atoms with van der Waals surface area (Å²) in [6, 6.07) is 1.74. The van der Waals surface area contributed by atoms with Crippen molar-refractivity contribution in [2.45, 2.75) is 135 Å². The third-order valence-electron chi connectivity index (χ3n) is 5.74. The van der Waals surface area contributed by atoms with Gasteiger partial charge in [0.25, 0.3) is 0 Å². The van der Waals surface area contributed by atoms with Gasteiger partial charge in [-0.2, -0.15) is 0 Å². The molecule has 0 spiro atoms. The van der Waals surface area contributed by atoms with Gasteiger partial charge in [0.1, 0.15) is 0 Å². The van der Waals surface area contributed by atoms with Crippen molar-refractivity contribution in [3.8, 4) is 0 Å². The van der Waals surface area contributed by atoms with Gasteiger partial charge in [-0.1, -0.05) is 90.4 Å². The van der Waals surface area contributed by atoms with E-state index < -0.39 is 0 Å². The maximum Gasteiger partial charge on any atom is 0.00696 e. The van der Waals surface area contributed by atoms with Gasteiger partial charge in [0.2, 0.25) is 0 Å². The molecular formula is C22H46N2. The van der Waals surface area contributed by atoms with Crippen molar-refractivity contribution >= 4 is 0 Å². The minimum atomic E-state index is 0.870. The summed E-state index contributed by atoms with van der Waals surface area (Å²) in [5.74, 6) is 0.